The van der Waals surface area contributed by atoms with E-state index in [9.17, 15) is 0 Å². The van der Waals surface area contributed by atoms with Gasteiger partial charge in [-0.05, 0) is 0 Å². The summed E-state index contributed by atoms with van der Waals surface area (Å²) in [6.45, 7) is 1.40. The van der Waals surface area contributed by atoms with Crippen molar-refractivity contribution in [2.75, 3.05) is 24.6 Å². The van der Waals surface area contributed by atoms with Gasteiger partial charge in [0.2, 0.25) is 0 Å². The van der Waals surface area contributed by atoms with Crippen LogP contribution < -0.4 is 22.1 Å². The summed E-state index contributed by atoms with van der Waals surface area (Å²) in [5.74, 6) is 1.80. The topological polar surface area (TPSA) is 124 Å². The highest BCUT2D eigenvalue weighted by Crippen LogP contribution is 2.18. The maximum absolute atomic E-state index is 6.89. The van der Waals surface area contributed by atoms with E-state index >= 15 is 0 Å². The van der Waals surface area contributed by atoms with Crippen LogP contribution in [0.5, 0.6) is 0 Å². The van der Waals surface area contributed by atoms with Crippen molar-refractivity contribution >= 4 is 67.5 Å². The van der Waals surface area contributed by atoms with Gasteiger partial charge in [0.1, 0.15) is 0 Å². The molecule has 0 fully saturated rings. The van der Waals surface area contributed by atoms with Gasteiger partial charge in [-0.15, -0.1) is 34.0 Å². The quantitative estimate of drug-likeness (QED) is 0.161. The van der Waals surface area contributed by atoms with Crippen LogP contribution in [0, 0.1) is 10.8 Å². The van der Waals surface area contributed by atoms with E-state index in [0.717, 1.165) is 11.5 Å². The Morgan fingerprint density at radius 1 is 0.875 bits per heavy atom. The van der Waals surface area contributed by atoms with E-state index in [1.807, 2.05) is 0 Å². The third-order valence-corrected chi connectivity index (χ3v) is 3.49. The first-order valence-electron chi connectivity index (χ1n) is 4.03. The molecule has 0 unspecified atom stereocenters. The summed E-state index contributed by atoms with van der Waals surface area (Å²) in [6.07, 6.45) is 0. The Bertz CT molecular complexity index is 174. The van der Waals surface area contributed by atoms with Crippen molar-refractivity contribution < 1.29 is 0 Å². The lowest BCUT2D eigenvalue weighted by molar-refractivity contribution is 0.954. The SMILES string of the molecule is Br.Br.N=C(N)NCCSSCCNC(=N)N. The molecule has 0 aliphatic rings. The minimum absolute atomic E-state index is 0. The van der Waals surface area contributed by atoms with Crippen LogP contribution in [0.3, 0.4) is 0 Å². The predicted octanol–water partition coefficient (Wildman–Crippen LogP) is 0.490. The van der Waals surface area contributed by atoms with Crippen molar-refractivity contribution in [1.29, 1.82) is 10.8 Å². The fourth-order valence-electron chi connectivity index (χ4n) is 0.573. The van der Waals surface area contributed by atoms with Crippen LogP contribution in [-0.2, 0) is 0 Å². The van der Waals surface area contributed by atoms with Gasteiger partial charge in [-0.25, -0.2) is 0 Å². The molecule has 0 bridgehead atoms. The molecule has 0 aromatic heterocycles. The summed E-state index contributed by atoms with van der Waals surface area (Å²) >= 11 is 0. The number of hydrogen-bond donors (Lipinski definition) is 6. The molecule has 0 atom stereocenters. The second-order valence-electron chi connectivity index (χ2n) is 2.32. The van der Waals surface area contributed by atoms with E-state index in [1.165, 1.54) is 0 Å². The maximum Gasteiger partial charge on any atom is 0.185 e. The van der Waals surface area contributed by atoms with E-state index in [1.54, 1.807) is 21.6 Å². The summed E-state index contributed by atoms with van der Waals surface area (Å²) in [6, 6.07) is 0. The zero-order chi connectivity index (χ0) is 10.8. The predicted molar refractivity (Wildman–Crippen MR) is 85.4 cm³/mol. The molecule has 0 saturated carbocycles. The molecule has 98 valence electrons. The summed E-state index contributed by atoms with van der Waals surface area (Å²) in [7, 11) is 3.40. The molecule has 8 N–H and O–H groups in total. The highest BCUT2D eigenvalue weighted by molar-refractivity contribution is 8.93. The molecule has 0 aliphatic carbocycles. The molecular formula is C6H18Br2N6S2. The smallest absolute Gasteiger partial charge is 0.185 e. The highest BCUT2D eigenvalue weighted by atomic mass is 79.9. The Morgan fingerprint density at radius 3 is 1.44 bits per heavy atom. The molecule has 0 radical (unpaired) electrons. The molecule has 16 heavy (non-hydrogen) atoms. The van der Waals surface area contributed by atoms with Crippen molar-refractivity contribution in [3.63, 3.8) is 0 Å². The molecular weight excluding hydrogens is 380 g/mol. The lowest BCUT2D eigenvalue weighted by atomic mass is 10.7. The molecule has 0 rings (SSSR count). The first kappa shape index (κ1) is 21.5. The molecule has 0 heterocycles. The number of guanidine groups is 2. The van der Waals surface area contributed by atoms with Crippen molar-refractivity contribution in [2.24, 2.45) is 11.5 Å². The van der Waals surface area contributed by atoms with Gasteiger partial charge in [-0.3, -0.25) is 10.8 Å². The summed E-state index contributed by atoms with van der Waals surface area (Å²) in [5.41, 5.74) is 10.2. The van der Waals surface area contributed by atoms with Gasteiger partial charge < -0.3 is 22.1 Å². The van der Waals surface area contributed by atoms with Crippen molar-refractivity contribution in [3.05, 3.63) is 0 Å². The van der Waals surface area contributed by atoms with Gasteiger partial charge in [0.05, 0.1) is 0 Å². The lowest BCUT2D eigenvalue weighted by Gasteiger charge is -2.04. The van der Waals surface area contributed by atoms with Gasteiger partial charge in [0.15, 0.2) is 11.9 Å². The fraction of sp³-hybridized carbons (Fsp3) is 0.667. The first-order chi connectivity index (χ1) is 6.63. The van der Waals surface area contributed by atoms with Gasteiger partial charge >= 0.3 is 0 Å². The standard InChI is InChI=1S/C6H16N6S2.2BrH/c7-5(8)11-1-3-13-14-4-2-12-6(9)10;;/h1-4H2,(H4,7,8,11)(H4,9,10,12);2*1H. The molecule has 0 aliphatic heterocycles. The number of rotatable bonds is 7. The first-order valence-corrected chi connectivity index (χ1v) is 6.52. The third-order valence-electron chi connectivity index (χ3n) is 1.09. The van der Waals surface area contributed by atoms with Crippen LogP contribution in [0.1, 0.15) is 0 Å². The summed E-state index contributed by atoms with van der Waals surface area (Å²) < 4.78 is 0. The van der Waals surface area contributed by atoms with E-state index in [4.69, 9.17) is 22.3 Å². The lowest BCUT2D eigenvalue weighted by Crippen LogP contribution is -2.32. The van der Waals surface area contributed by atoms with Gasteiger partial charge in [0, 0.05) is 24.6 Å². The largest absolute Gasteiger partial charge is 0.370 e. The summed E-state index contributed by atoms with van der Waals surface area (Å²) in [5, 5.41) is 19.2. The number of hydrogen-bond acceptors (Lipinski definition) is 4. The van der Waals surface area contributed by atoms with Crippen molar-refractivity contribution in [2.45, 2.75) is 0 Å². The Balaban J connectivity index is -0.000000845. The Labute approximate surface area is 124 Å². The van der Waals surface area contributed by atoms with Crippen LogP contribution in [0.4, 0.5) is 0 Å². The molecule has 0 amide bonds. The van der Waals surface area contributed by atoms with Crippen LogP contribution in [0.15, 0.2) is 0 Å². The van der Waals surface area contributed by atoms with E-state index < -0.39 is 0 Å². The van der Waals surface area contributed by atoms with E-state index in [-0.39, 0.29) is 45.9 Å². The highest BCUT2D eigenvalue weighted by Gasteiger charge is 1.92. The number of nitrogens with one attached hydrogen (secondary N) is 4. The Hall–Kier alpha value is 0.200. The minimum Gasteiger partial charge on any atom is -0.370 e. The number of nitrogens with two attached hydrogens (primary N) is 2. The average molecular weight is 398 g/mol. The maximum atomic E-state index is 6.89. The molecule has 10 heteroatoms. The van der Waals surface area contributed by atoms with Crippen LogP contribution in [0.25, 0.3) is 0 Å². The van der Waals surface area contributed by atoms with Gasteiger partial charge in [0.25, 0.3) is 0 Å². The van der Waals surface area contributed by atoms with E-state index in [0.29, 0.717) is 13.1 Å². The van der Waals surface area contributed by atoms with Crippen LogP contribution in [-0.4, -0.2) is 36.5 Å². The zero-order valence-corrected chi connectivity index (χ0v) is 13.7. The normalized spacial score (nSPS) is 8.25. The van der Waals surface area contributed by atoms with Crippen molar-refractivity contribution in [3.8, 4) is 0 Å². The zero-order valence-electron chi connectivity index (χ0n) is 8.62. The third kappa shape index (κ3) is 19.7. The monoisotopic (exact) mass is 396 g/mol. The minimum atomic E-state index is 0. The second-order valence-corrected chi connectivity index (χ2v) is 5.03. The molecule has 6 nitrogen and oxygen atoms in total. The molecule has 0 saturated heterocycles. The Morgan fingerprint density at radius 2 is 1.19 bits per heavy atom. The Kier molecular flexibility index (Phi) is 20.4. The van der Waals surface area contributed by atoms with Gasteiger partial charge in [-0.1, -0.05) is 21.6 Å². The average Bonchev–Trinajstić information content (AvgIpc) is 2.08. The molecule has 0 spiro atoms. The van der Waals surface area contributed by atoms with Gasteiger partial charge in [-0.2, -0.15) is 0 Å². The van der Waals surface area contributed by atoms with E-state index in [2.05, 4.69) is 10.6 Å². The second kappa shape index (κ2) is 15.2. The molecule has 0 aromatic rings. The molecule has 0 aromatic carbocycles. The van der Waals surface area contributed by atoms with Crippen LogP contribution >= 0.6 is 55.6 Å². The fourth-order valence-corrected chi connectivity index (χ4v) is 2.39. The summed E-state index contributed by atoms with van der Waals surface area (Å²) in [4.78, 5) is 0. The number of halogens is 2. The van der Waals surface area contributed by atoms with Crippen molar-refractivity contribution in [1.82, 2.24) is 10.6 Å². The van der Waals surface area contributed by atoms with Crippen LogP contribution in [0.2, 0.25) is 0 Å².